The van der Waals surface area contributed by atoms with Gasteiger partial charge in [0.1, 0.15) is 5.82 Å². The zero-order valence-corrected chi connectivity index (χ0v) is 14.8. The molecule has 2 aromatic rings. The van der Waals surface area contributed by atoms with Crippen LogP contribution < -0.4 is 9.80 Å². The lowest BCUT2D eigenvalue weighted by Gasteiger charge is -2.36. The van der Waals surface area contributed by atoms with Gasteiger partial charge in [-0.2, -0.15) is 0 Å². The van der Waals surface area contributed by atoms with Crippen molar-refractivity contribution in [3.8, 4) is 0 Å². The summed E-state index contributed by atoms with van der Waals surface area (Å²) in [4.78, 5) is 33.3. The Hall–Kier alpha value is -3.16. The number of rotatable bonds is 4. The number of hydrogen-bond donors (Lipinski definition) is 0. The Kier molecular flexibility index (Phi) is 5.01. The summed E-state index contributed by atoms with van der Waals surface area (Å²) >= 11 is 0. The predicted molar refractivity (Wildman–Crippen MR) is 99.8 cm³/mol. The van der Waals surface area contributed by atoms with Crippen LogP contribution in [0.2, 0.25) is 0 Å². The average Bonchev–Trinajstić information content (AvgIpc) is 2.67. The maximum absolute atomic E-state index is 12.9. The van der Waals surface area contributed by atoms with Gasteiger partial charge in [-0.05, 0) is 24.3 Å². The quantitative estimate of drug-likeness (QED) is 0.616. The summed E-state index contributed by atoms with van der Waals surface area (Å²) in [6, 6.07) is 10.1. The topological polar surface area (TPSA) is 82.8 Å². The maximum Gasteiger partial charge on any atom is 0.269 e. The molecule has 0 unspecified atom stereocenters. The van der Waals surface area contributed by atoms with Crippen LogP contribution in [0.3, 0.4) is 0 Å². The predicted octanol–water partition coefficient (Wildman–Crippen LogP) is 2.02. The molecule has 8 nitrogen and oxygen atoms in total. The molecule has 3 rings (SSSR count). The van der Waals surface area contributed by atoms with E-state index in [4.69, 9.17) is 0 Å². The Morgan fingerprint density at radius 1 is 1.12 bits per heavy atom. The zero-order valence-electron chi connectivity index (χ0n) is 14.8. The number of aromatic nitrogens is 1. The zero-order chi connectivity index (χ0) is 18.7. The molecule has 1 fully saturated rings. The molecule has 0 radical (unpaired) electrons. The van der Waals surface area contributed by atoms with Crippen LogP contribution in [0.15, 0.2) is 42.6 Å². The number of nitro benzene ring substituents is 1. The number of carbonyl (C=O) groups excluding carboxylic acids is 1. The van der Waals surface area contributed by atoms with Gasteiger partial charge in [0.05, 0.1) is 10.5 Å². The molecule has 1 aromatic heterocycles. The van der Waals surface area contributed by atoms with Crippen molar-refractivity contribution in [2.45, 2.75) is 0 Å². The number of non-ortho nitro benzene ring substituents is 1. The molecule has 1 saturated heterocycles. The number of nitrogens with zero attached hydrogens (tertiary/aromatic N) is 5. The van der Waals surface area contributed by atoms with Gasteiger partial charge in [0.25, 0.3) is 11.6 Å². The third kappa shape index (κ3) is 3.58. The first-order valence-electron chi connectivity index (χ1n) is 8.38. The second-order valence-corrected chi connectivity index (χ2v) is 6.32. The highest BCUT2D eigenvalue weighted by Gasteiger charge is 2.25. The molecule has 1 aliphatic heterocycles. The van der Waals surface area contributed by atoms with Gasteiger partial charge in [-0.25, -0.2) is 4.98 Å². The average molecular weight is 355 g/mol. The van der Waals surface area contributed by atoms with Crippen molar-refractivity contribution >= 4 is 23.1 Å². The minimum atomic E-state index is -0.406. The molecule has 8 heteroatoms. The standard InChI is InChI=1S/C18H21N5O3/c1-20(2)17-16(4-3-9-19-17)18(24)22-12-10-21(11-13-22)14-5-7-15(8-6-14)23(25)26/h3-9H,10-13H2,1-2H3. The van der Waals surface area contributed by atoms with Crippen LogP contribution in [0.5, 0.6) is 0 Å². The number of nitro groups is 1. The van der Waals surface area contributed by atoms with Crippen molar-refractivity contribution in [2.24, 2.45) is 0 Å². The maximum atomic E-state index is 12.9. The lowest BCUT2D eigenvalue weighted by Crippen LogP contribution is -2.49. The summed E-state index contributed by atoms with van der Waals surface area (Å²) in [5.41, 5.74) is 1.61. The van der Waals surface area contributed by atoms with Crippen LogP contribution in [0.1, 0.15) is 10.4 Å². The van der Waals surface area contributed by atoms with Crippen molar-refractivity contribution in [1.29, 1.82) is 0 Å². The van der Waals surface area contributed by atoms with Gasteiger partial charge in [-0.1, -0.05) is 0 Å². The van der Waals surface area contributed by atoms with Gasteiger partial charge in [0.15, 0.2) is 0 Å². The Bertz CT molecular complexity index is 799. The first kappa shape index (κ1) is 17.7. The van der Waals surface area contributed by atoms with E-state index in [0.29, 0.717) is 37.6 Å². The van der Waals surface area contributed by atoms with Crippen LogP contribution in [-0.2, 0) is 0 Å². The SMILES string of the molecule is CN(C)c1ncccc1C(=O)N1CCN(c2ccc([N+](=O)[O-])cc2)CC1. The summed E-state index contributed by atoms with van der Waals surface area (Å²) in [6.07, 6.45) is 1.68. The fourth-order valence-corrected chi connectivity index (χ4v) is 3.04. The highest BCUT2D eigenvalue weighted by molar-refractivity contribution is 5.99. The number of hydrogen-bond acceptors (Lipinski definition) is 6. The lowest BCUT2D eigenvalue weighted by atomic mass is 10.2. The molecule has 1 amide bonds. The Morgan fingerprint density at radius 2 is 1.77 bits per heavy atom. The fraction of sp³-hybridized carbons (Fsp3) is 0.333. The summed E-state index contributed by atoms with van der Waals surface area (Å²) in [6.45, 7) is 2.55. The Balaban J connectivity index is 1.67. The van der Waals surface area contributed by atoms with E-state index in [2.05, 4.69) is 9.88 Å². The van der Waals surface area contributed by atoms with Gasteiger partial charge in [0.2, 0.25) is 0 Å². The second kappa shape index (κ2) is 7.38. The molecule has 0 saturated carbocycles. The van der Waals surface area contributed by atoms with E-state index in [1.165, 1.54) is 12.1 Å². The van der Waals surface area contributed by atoms with Gasteiger partial charge in [-0.15, -0.1) is 0 Å². The van der Waals surface area contributed by atoms with Crippen molar-refractivity contribution in [1.82, 2.24) is 9.88 Å². The number of carbonyl (C=O) groups is 1. The van der Waals surface area contributed by atoms with Gasteiger partial charge in [0, 0.05) is 64.3 Å². The van der Waals surface area contributed by atoms with Crippen molar-refractivity contribution in [2.75, 3.05) is 50.1 Å². The summed E-state index contributed by atoms with van der Waals surface area (Å²) in [5.74, 6) is 0.639. The van der Waals surface area contributed by atoms with E-state index in [-0.39, 0.29) is 11.6 Å². The first-order valence-corrected chi connectivity index (χ1v) is 8.38. The number of pyridine rings is 1. The molecule has 0 atom stereocenters. The Labute approximate surface area is 151 Å². The molecule has 0 spiro atoms. The minimum absolute atomic E-state index is 0.0230. The van der Waals surface area contributed by atoms with E-state index >= 15 is 0 Å². The van der Waals surface area contributed by atoms with Gasteiger partial charge in [-0.3, -0.25) is 14.9 Å². The summed E-state index contributed by atoms with van der Waals surface area (Å²) in [7, 11) is 3.73. The molecule has 26 heavy (non-hydrogen) atoms. The van der Waals surface area contributed by atoms with Gasteiger partial charge < -0.3 is 14.7 Å². The summed E-state index contributed by atoms with van der Waals surface area (Å²) < 4.78 is 0. The minimum Gasteiger partial charge on any atom is -0.368 e. The van der Waals surface area contributed by atoms with E-state index in [0.717, 1.165) is 5.69 Å². The number of piperazine rings is 1. The second-order valence-electron chi connectivity index (χ2n) is 6.32. The fourth-order valence-electron chi connectivity index (χ4n) is 3.04. The molecule has 1 aromatic carbocycles. The van der Waals surface area contributed by atoms with Crippen LogP contribution in [-0.4, -0.2) is 61.0 Å². The first-order chi connectivity index (χ1) is 12.5. The normalized spacial score (nSPS) is 14.2. The lowest BCUT2D eigenvalue weighted by molar-refractivity contribution is -0.384. The third-order valence-electron chi connectivity index (χ3n) is 4.43. The van der Waals surface area contributed by atoms with Gasteiger partial charge >= 0.3 is 0 Å². The Morgan fingerprint density at radius 3 is 2.35 bits per heavy atom. The molecular formula is C18H21N5O3. The highest BCUT2D eigenvalue weighted by Crippen LogP contribution is 2.22. The number of anilines is 2. The third-order valence-corrected chi connectivity index (χ3v) is 4.43. The van der Waals surface area contributed by atoms with Crippen LogP contribution in [0, 0.1) is 10.1 Å². The number of amides is 1. The van der Waals surface area contributed by atoms with E-state index < -0.39 is 4.92 Å². The molecule has 0 N–H and O–H groups in total. The molecular weight excluding hydrogens is 334 g/mol. The van der Waals surface area contributed by atoms with E-state index in [9.17, 15) is 14.9 Å². The molecule has 2 heterocycles. The van der Waals surface area contributed by atoms with Crippen LogP contribution >= 0.6 is 0 Å². The molecule has 1 aliphatic rings. The smallest absolute Gasteiger partial charge is 0.269 e. The number of benzene rings is 1. The van der Waals surface area contributed by atoms with Crippen LogP contribution in [0.25, 0.3) is 0 Å². The molecule has 136 valence electrons. The summed E-state index contributed by atoms with van der Waals surface area (Å²) in [5, 5.41) is 10.8. The highest BCUT2D eigenvalue weighted by atomic mass is 16.6. The van der Waals surface area contributed by atoms with E-state index in [1.54, 1.807) is 30.5 Å². The molecule has 0 bridgehead atoms. The van der Waals surface area contributed by atoms with E-state index in [1.807, 2.05) is 23.9 Å². The van der Waals surface area contributed by atoms with Crippen molar-refractivity contribution < 1.29 is 9.72 Å². The van der Waals surface area contributed by atoms with Crippen LogP contribution in [0.4, 0.5) is 17.2 Å². The van der Waals surface area contributed by atoms with Crippen molar-refractivity contribution in [3.63, 3.8) is 0 Å². The van der Waals surface area contributed by atoms with Crippen molar-refractivity contribution in [3.05, 3.63) is 58.3 Å². The largest absolute Gasteiger partial charge is 0.368 e. The molecule has 0 aliphatic carbocycles. The monoisotopic (exact) mass is 355 g/mol.